The second kappa shape index (κ2) is 9.40. The zero-order chi connectivity index (χ0) is 21.8. The fourth-order valence-electron chi connectivity index (χ4n) is 3.53. The lowest BCUT2D eigenvalue weighted by Crippen LogP contribution is -2.58. The van der Waals surface area contributed by atoms with Crippen LogP contribution in [0.3, 0.4) is 0 Å². The van der Waals surface area contributed by atoms with Crippen LogP contribution in [0.1, 0.15) is 40.0 Å². The van der Waals surface area contributed by atoms with Crippen LogP contribution >= 0.6 is 0 Å². The fourth-order valence-corrected chi connectivity index (χ4v) is 4.98. The molecule has 11 heteroatoms. The molecular weight excluding hydrogens is 398 g/mol. The summed E-state index contributed by atoms with van der Waals surface area (Å²) in [4.78, 5) is 37.2. The maximum atomic E-state index is 12.5. The molecule has 0 aromatic rings. The molecule has 2 atom stereocenters. The molecule has 29 heavy (non-hydrogen) atoms. The van der Waals surface area contributed by atoms with E-state index in [0.29, 0.717) is 26.1 Å². The third kappa shape index (κ3) is 5.89. The van der Waals surface area contributed by atoms with Crippen molar-refractivity contribution in [1.29, 1.82) is 0 Å². The number of nitrogens with zero attached hydrogens (tertiary/aromatic N) is 3. The van der Waals surface area contributed by atoms with Crippen LogP contribution in [0.4, 0.5) is 4.79 Å². The van der Waals surface area contributed by atoms with Gasteiger partial charge < -0.3 is 20.3 Å². The number of aldehydes is 1. The van der Waals surface area contributed by atoms with Crippen molar-refractivity contribution in [3.05, 3.63) is 0 Å². The molecule has 166 valence electrons. The molecule has 1 unspecified atom stereocenters. The van der Waals surface area contributed by atoms with E-state index in [0.717, 1.165) is 19.1 Å². The zero-order valence-corrected chi connectivity index (χ0v) is 18.5. The number of urea groups is 1. The van der Waals surface area contributed by atoms with Crippen molar-refractivity contribution in [3.8, 4) is 0 Å². The molecule has 2 fully saturated rings. The summed E-state index contributed by atoms with van der Waals surface area (Å²) in [6.45, 7) is 7.09. The molecule has 2 N–H and O–H groups in total. The first kappa shape index (κ1) is 23.6. The first-order valence-corrected chi connectivity index (χ1v) is 11.4. The summed E-state index contributed by atoms with van der Waals surface area (Å²) >= 11 is 0. The van der Waals surface area contributed by atoms with Crippen molar-refractivity contribution in [3.63, 3.8) is 0 Å². The summed E-state index contributed by atoms with van der Waals surface area (Å²) in [5, 5.41) is 5.35. The van der Waals surface area contributed by atoms with E-state index in [-0.39, 0.29) is 19.0 Å². The zero-order valence-electron chi connectivity index (χ0n) is 17.7. The Bertz CT molecular complexity index is 721. The van der Waals surface area contributed by atoms with E-state index in [2.05, 4.69) is 10.6 Å². The van der Waals surface area contributed by atoms with Gasteiger partial charge in [-0.2, -0.15) is 17.0 Å². The number of amides is 3. The van der Waals surface area contributed by atoms with E-state index >= 15 is 0 Å². The van der Waals surface area contributed by atoms with Gasteiger partial charge in [0.05, 0.1) is 12.6 Å². The molecule has 0 bridgehead atoms. The highest BCUT2D eigenvalue weighted by Crippen LogP contribution is 2.23. The molecule has 0 aliphatic carbocycles. The van der Waals surface area contributed by atoms with Crippen molar-refractivity contribution in [2.24, 2.45) is 5.41 Å². The van der Waals surface area contributed by atoms with Crippen molar-refractivity contribution < 1.29 is 22.8 Å². The Morgan fingerprint density at radius 3 is 2.48 bits per heavy atom. The van der Waals surface area contributed by atoms with E-state index < -0.39 is 33.7 Å². The molecular formula is C18H33N5O5S. The van der Waals surface area contributed by atoms with Gasteiger partial charge in [-0.25, -0.2) is 4.79 Å². The van der Waals surface area contributed by atoms with Gasteiger partial charge in [-0.1, -0.05) is 20.8 Å². The fraction of sp³-hybridized carbons (Fsp3) is 0.833. The Kier molecular flexibility index (Phi) is 7.63. The van der Waals surface area contributed by atoms with Crippen molar-refractivity contribution in [1.82, 2.24) is 24.1 Å². The number of likely N-dealkylation sites (tertiary alicyclic amines) is 1. The van der Waals surface area contributed by atoms with Crippen LogP contribution in [0.15, 0.2) is 0 Å². The van der Waals surface area contributed by atoms with Crippen LogP contribution in [-0.2, 0) is 19.8 Å². The quantitative estimate of drug-likeness (QED) is 0.563. The van der Waals surface area contributed by atoms with Crippen LogP contribution in [-0.4, -0.2) is 92.0 Å². The number of hydrogen-bond acceptors (Lipinski definition) is 5. The molecule has 0 saturated carbocycles. The number of carbonyl (C=O) groups is 3. The minimum absolute atomic E-state index is 0.150. The average molecular weight is 432 g/mol. The second-order valence-electron chi connectivity index (χ2n) is 8.72. The highest BCUT2D eigenvalue weighted by molar-refractivity contribution is 7.86. The standard InChI is InChI=1S/C18H33N5O5S/c1-18(2,3)15(12-22-9-6-8-21(4)29(22,27)28)20-17(26)19-11-16(25)23-10-5-7-14(23)13-24/h13-15H,5-12H2,1-4H3,(H2,19,20,26)/t14-,15?/m0/s1. The van der Waals surface area contributed by atoms with Gasteiger partial charge in [-0.15, -0.1) is 0 Å². The molecule has 2 saturated heterocycles. The van der Waals surface area contributed by atoms with E-state index in [1.165, 1.54) is 13.5 Å². The SMILES string of the molecule is CN1CCCN(CC(NC(=O)NCC(=O)N2CCC[C@H]2C=O)C(C)(C)C)S1(=O)=O. The summed E-state index contributed by atoms with van der Waals surface area (Å²) in [5.41, 5.74) is -0.398. The summed E-state index contributed by atoms with van der Waals surface area (Å²) < 4.78 is 27.8. The third-order valence-electron chi connectivity index (χ3n) is 5.51. The maximum Gasteiger partial charge on any atom is 0.315 e. The first-order valence-electron chi connectivity index (χ1n) is 9.97. The molecule has 0 radical (unpaired) electrons. The maximum absolute atomic E-state index is 12.5. The Morgan fingerprint density at radius 1 is 1.17 bits per heavy atom. The Labute approximate surface area is 173 Å². The third-order valence-corrected chi connectivity index (χ3v) is 7.47. The predicted molar refractivity (Wildman–Crippen MR) is 108 cm³/mol. The van der Waals surface area contributed by atoms with Crippen LogP contribution in [0.25, 0.3) is 0 Å². The summed E-state index contributed by atoms with van der Waals surface area (Å²) in [5.74, 6) is -0.303. The van der Waals surface area contributed by atoms with Crippen molar-refractivity contribution in [2.75, 3.05) is 39.8 Å². The second-order valence-corrected chi connectivity index (χ2v) is 10.8. The van der Waals surface area contributed by atoms with Crippen molar-refractivity contribution >= 4 is 28.4 Å². The molecule has 3 amide bonds. The summed E-state index contributed by atoms with van der Waals surface area (Å²) in [6.07, 6.45) is 2.90. The first-order chi connectivity index (χ1) is 13.5. The number of rotatable bonds is 6. The monoisotopic (exact) mass is 431 g/mol. The van der Waals surface area contributed by atoms with Crippen LogP contribution in [0.5, 0.6) is 0 Å². The summed E-state index contributed by atoms with van der Waals surface area (Å²) in [7, 11) is -1.99. The highest BCUT2D eigenvalue weighted by atomic mass is 32.2. The minimum Gasteiger partial charge on any atom is -0.334 e. The molecule has 0 aromatic heterocycles. The molecule has 0 spiro atoms. The van der Waals surface area contributed by atoms with Crippen LogP contribution < -0.4 is 10.6 Å². The predicted octanol–water partition coefficient (Wildman–Crippen LogP) is -0.227. The largest absolute Gasteiger partial charge is 0.334 e. The van der Waals surface area contributed by atoms with E-state index in [9.17, 15) is 22.8 Å². The minimum atomic E-state index is -3.54. The van der Waals surface area contributed by atoms with E-state index in [1.807, 2.05) is 20.8 Å². The topological polar surface area (TPSA) is 119 Å². The molecule has 0 aromatic carbocycles. The smallest absolute Gasteiger partial charge is 0.315 e. The van der Waals surface area contributed by atoms with Crippen LogP contribution in [0, 0.1) is 5.41 Å². The number of nitrogens with one attached hydrogen (secondary N) is 2. The van der Waals surface area contributed by atoms with Gasteiger partial charge in [0.25, 0.3) is 10.2 Å². The highest BCUT2D eigenvalue weighted by Gasteiger charge is 2.36. The normalized spacial score (nSPS) is 24.1. The van der Waals surface area contributed by atoms with Crippen LogP contribution in [0.2, 0.25) is 0 Å². The lowest BCUT2D eigenvalue weighted by molar-refractivity contribution is -0.133. The molecule has 2 heterocycles. The van der Waals surface area contributed by atoms with Gasteiger partial charge >= 0.3 is 6.03 Å². The van der Waals surface area contributed by atoms with Gasteiger partial charge in [-0.05, 0) is 24.7 Å². The Hall–Kier alpha value is -1.72. The van der Waals surface area contributed by atoms with Gasteiger partial charge in [-0.3, -0.25) is 4.79 Å². The number of hydrogen-bond donors (Lipinski definition) is 2. The van der Waals surface area contributed by atoms with Gasteiger partial charge in [0.15, 0.2) is 0 Å². The van der Waals surface area contributed by atoms with E-state index in [4.69, 9.17) is 0 Å². The van der Waals surface area contributed by atoms with E-state index in [1.54, 1.807) is 7.05 Å². The lowest BCUT2D eigenvalue weighted by Gasteiger charge is -2.38. The number of carbonyl (C=O) groups excluding carboxylic acids is 3. The Morgan fingerprint density at radius 2 is 1.86 bits per heavy atom. The van der Waals surface area contributed by atoms with Crippen molar-refractivity contribution in [2.45, 2.75) is 52.1 Å². The molecule has 2 aliphatic heterocycles. The molecule has 10 nitrogen and oxygen atoms in total. The Balaban J connectivity index is 1.95. The molecule has 2 aliphatic rings. The average Bonchev–Trinajstić information content (AvgIpc) is 3.11. The summed E-state index contributed by atoms with van der Waals surface area (Å²) in [6, 6.07) is -1.41. The van der Waals surface area contributed by atoms with Gasteiger partial charge in [0, 0.05) is 39.3 Å². The van der Waals surface area contributed by atoms with Gasteiger partial charge in [0.2, 0.25) is 5.91 Å². The van der Waals surface area contributed by atoms with Gasteiger partial charge in [0.1, 0.15) is 6.29 Å². The molecule has 2 rings (SSSR count). The lowest BCUT2D eigenvalue weighted by atomic mass is 9.86.